The second-order valence-electron chi connectivity index (χ2n) is 5.66. The fourth-order valence-electron chi connectivity index (χ4n) is 2.91. The fourth-order valence-corrected chi connectivity index (χ4v) is 2.91. The molecule has 0 spiro atoms. The van der Waals surface area contributed by atoms with Crippen molar-refractivity contribution in [2.24, 2.45) is 5.92 Å². The maximum Gasteiger partial charge on any atom is 0.0974 e. The van der Waals surface area contributed by atoms with Gasteiger partial charge in [0.15, 0.2) is 0 Å². The summed E-state index contributed by atoms with van der Waals surface area (Å²) in [6, 6.07) is 11.1. The molecule has 1 fully saturated rings. The Hall–Kier alpha value is -0.860. The minimum Gasteiger partial charge on any atom is -0.375 e. The smallest absolute Gasteiger partial charge is 0.0974 e. The molecule has 0 heterocycles. The number of benzene rings is 1. The molecule has 0 bridgehead atoms. The van der Waals surface area contributed by atoms with E-state index in [0.717, 1.165) is 12.5 Å². The number of rotatable bonds is 8. The molecule has 1 aliphatic rings. The van der Waals surface area contributed by atoms with E-state index in [1.807, 2.05) is 7.11 Å². The second kappa shape index (κ2) is 7.66. The molecular weight excluding hydrogens is 234 g/mol. The monoisotopic (exact) mass is 261 g/mol. The van der Waals surface area contributed by atoms with Crippen LogP contribution in [-0.4, -0.2) is 19.7 Å². The predicted molar refractivity (Wildman–Crippen MR) is 80.2 cm³/mol. The molecule has 1 aliphatic carbocycles. The standard InChI is InChI=1S/C17H27NO/c1-3-12-18-16(13-14-8-7-9-14)17(19-2)15-10-5-4-6-11-15/h4-6,10-11,14,16-18H,3,7-9,12-13H2,1-2H3. The molecule has 0 radical (unpaired) electrons. The Morgan fingerprint density at radius 1 is 1.26 bits per heavy atom. The molecule has 2 unspecified atom stereocenters. The van der Waals surface area contributed by atoms with Crippen LogP contribution in [0, 0.1) is 5.92 Å². The number of nitrogens with one attached hydrogen (secondary N) is 1. The summed E-state index contributed by atoms with van der Waals surface area (Å²) in [6.07, 6.45) is 6.80. The van der Waals surface area contributed by atoms with Crippen molar-refractivity contribution in [3.05, 3.63) is 35.9 Å². The molecule has 1 aromatic rings. The van der Waals surface area contributed by atoms with Gasteiger partial charge in [0.25, 0.3) is 0 Å². The SMILES string of the molecule is CCCNC(CC1CCC1)C(OC)c1ccccc1. The lowest BCUT2D eigenvalue weighted by atomic mass is 9.79. The molecule has 19 heavy (non-hydrogen) atoms. The molecule has 0 saturated heterocycles. The van der Waals surface area contributed by atoms with Crippen molar-refractivity contribution < 1.29 is 4.74 Å². The van der Waals surface area contributed by atoms with Crippen LogP contribution in [0.15, 0.2) is 30.3 Å². The van der Waals surface area contributed by atoms with Crippen molar-refractivity contribution in [3.8, 4) is 0 Å². The van der Waals surface area contributed by atoms with Gasteiger partial charge in [-0.15, -0.1) is 0 Å². The number of ether oxygens (including phenoxy) is 1. The molecule has 1 saturated carbocycles. The highest BCUT2D eigenvalue weighted by Gasteiger charge is 2.28. The Morgan fingerprint density at radius 2 is 2.00 bits per heavy atom. The first-order chi connectivity index (χ1) is 9.35. The molecule has 0 aromatic heterocycles. The van der Waals surface area contributed by atoms with E-state index in [2.05, 4.69) is 42.6 Å². The Balaban J connectivity index is 2.04. The normalized spacial score (nSPS) is 18.8. The van der Waals surface area contributed by atoms with Crippen molar-refractivity contribution >= 4 is 0 Å². The van der Waals surface area contributed by atoms with Gasteiger partial charge in [0.2, 0.25) is 0 Å². The maximum absolute atomic E-state index is 5.80. The van der Waals surface area contributed by atoms with Crippen molar-refractivity contribution in [2.45, 2.75) is 51.2 Å². The van der Waals surface area contributed by atoms with Gasteiger partial charge in [0, 0.05) is 13.2 Å². The molecule has 0 amide bonds. The minimum atomic E-state index is 0.174. The zero-order valence-corrected chi connectivity index (χ0v) is 12.3. The van der Waals surface area contributed by atoms with E-state index >= 15 is 0 Å². The van der Waals surface area contributed by atoms with E-state index in [-0.39, 0.29) is 6.10 Å². The molecule has 106 valence electrons. The molecule has 2 heteroatoms. The van der Waals surface area contributed by atoms with Gasteiger partial charge in [-0.2, -0.15) is 0 Å². The van der Waals surface area contributed by atoms with Gasteiger partial charge >= 0.3 is 0 Å². The number of hydrogen-bond acceptors (Lipinski definition) is 2. The summed E-state index contributed by atoms with van der Waals surface area (Å²) in [7, 11) is 1.83. The average Bonchev–Trinajstić information content (AvgIpc) is 2.41. The molecule has 2 atom stereocenters. The van der Waals surface area contributed by atoms with E-state index in [1.165, 1.54) is 37.7 Å². The summed E-state index contributed by atoms with van der Waals surface area (Å²) in [6.45, 7) is 3.29. The van der Waals surface area contributed by atoms with Gasteiger partial charge in [0.1, 0.15) is 0 Å². The summed E-state index contributed by atoms with van der Waals surface area (Å²) in [4.78, 5) is 0. The first kappa shape index (κ1) is 14.5. The molecule has 2 rings (SSSR count). The van der Waals surface area contributed by atoms with Crippen LogP contribution in [0.1, 0.15) is 50.7 Å². The van der Waals surface area contributed by atoms with Crippen molar-refractivity contribution in [1.29, 1.82) is 0 Å². The molecule has 2 nitrogen and oxygen atoms in total. The summed E-state index contributed by atoms with van der Waals surface area (Å²) in [5.41, 5.74) is 1.29. The lowest BCUT2D eigenvalue weighted by Crippen LogP contribution is -2.39. The third-order valence-corrected chi connectivity index (χ3v) is 4.22. The zero-order chi connectivity index (χ0) is 13.5. The lowest BCUT2D eigenvalue weighted by Gasteiger charge is -2.34. The van der Waals surface area contributed by atoms with Crippen LogP contribution in [-0.2, 0) is 4.74 Å². The van der Waals surface area contributed by atoms with Crippen LogP contribution in [0.4, 0.5) is 0 Å². The van der Waals surface area contributed by atoms with Crippen LogP contribution in [0.25, 0.3) is 0 Å². The first-order valence-electron chi connectivity index (χ1n) is 7.66. The highest BCUT2D eigenvalue weighted by Crippen LogP contribution is 2.34. The quantitative estimate of drug-likeness (QED) is 0.765. The minimum absolute atomic E-state index is 0.174. The Labute approximate surface area is 117 Å². The van der Waals surface area contributed by atoms with Gasteiger partial charge in [-0.05, 0) is 30.9 Å². The predicted octanol–water partition coefficient (Wildman–Crippen LogP) is 3.93. The van der Waals surface area contributed by atoms with Crippen LogP contribution < -0.4 is 5.32 Å². The van der Waals surface area contributed by atoms with Crippen molar-refractivity contribution in [1.82, 2.24) is 5.32 Å². The summed E-state index contributed by atoms with van der Waals surface area (Å²) < 4.78 is 5.80. The molecular formula is C17H27NO. The fraction of sp³-hybridized carbons (Fsp3) is 0.647. The van der Waals surface area contributed by atoms with E-state index in [1.54, 1.807) is 0 Å². The highest BCUT2D eigenvalue weighted by atomic mass is 16.5. The van der Waals surface area contributed by atoms with Crippen LogP contribution >= 0.6 is 0 Å². The molecule has 1 aromatic carbocycles. The van der Waals surface area contributed by atoms with Crippen molar-refractivity contribution in [3.63, 3.8) is 0 Å². The van der Waals surface area contributed by atoms with Crippen molar-refractivity contribution in [2.75, 3.05) is 13.7 Å². The van der Waals surface area contributed by atoms with Gasteiger partial charge in [-0.25, -0.2) is 0 Å². The highest BCUT2D eigenvalue weighted by molar-refractivity contribution is 5.19. The van der Waals surface area contributed by atoms with Gasteiger partial charge in [0.05, 0.1) is 6.10 Å². The summed E-state index contributed by atoms with van der Waals surface area (Å²) >= 11 is 0. The Morgan fingerprint density at radius 3 is 2.53 bits per heavy atom. The zero-order valence-electron chi connectivity index (χ0n) is 12.3. The largest absolute Gasteiger partial charge is 0.375 e. The van der Waals surface area contributed by atoms with Crippen LogP contribution in [0.3, 0.4) is 0 Å². The average molecular weight is 261 g/mol. The van der Waals surface area contributed by atoms with E-state index in [9.17, 15) is 0 Å². The van der Waals surface area contributed by atoms with E-state index in [4.69, 9.17) is 4.74 Å². The maximum atomic E-state index is 5.80. The Kier molecular flexibility index (Phi) is 5.87. The lowest BCUT2D eigenvalue weighted by molar-refractivity contribution is 0.0530. The summed E-state index contributed by atoms with van der Waals surface area (Å²) in [5.74, 6) is 0.899. The molecule has 0 aliphatic heterocycles. The van der Waals surface area contributed by atoms with Crippen LogP contribution in [0.2, 0.25) is 0 Å². The summed E-state index contributed by atoms with van der Waals surface area (Å²) in [5, 5.41) is 3.69. The van der Waals surface area contributed by atoms with E-state index < -0.39 is 0 Å². The van der Waals surface area contributed by atoms with Gasteiger partial charge in [-0.3, -0.25) is 0 Å². The molecule has 1 N–H and O–H groups in total. The third-order valence-electron chi connectivity index (χ3n) is 4.22. The van der Waals surface area contributed by atoms with E-state index in [0.29, 0.717) is 6.04 Å². The Bertz CT molecular complexity index is 348. The third kappa shape index (κ3) is 4.05. The number of methoxy groups -OCH3 is 1. The second-order valence-corrected chi connectivity index (χ2v) is 5.66. The van der Waals surface area contributed by atoms with Crippen LogP contribution in [0.5, 0.6) is 0 Å². The number of hydrogen-bond donors (Lipinski definition) is 1. The van der Waals surface area contributed by atoms with Gasteiger partial charge in [-0.1, -0.05) is 56.5 Å². The topological polar surface area (TPSA) is 21.3 Å². The van der Waals surface area contributed by atoms with Gasteiger partial charge < -0.3 is 10.1 Å². The first-order valence-corrected chi connectivity index (χ1v) is 7.66.